The van der Waals surface area contributed by atoms with Crippen molar-refractivity contribution in [1.29, 1.82) is 0 Å². The second-order valence-corrected chi connectivity index (χ2v) is 5.64. The van der Waals surface area contributed by atoms with Crippen molar-refractivity contribution >= 4 is 23.0 Å². The summed E-state index contributed by atoms with van der Waals surface area (Å²) in [6.45, 7) is 0.588. The largest absolute Gasteiger partial charge is 0.488 e. The summed E-state index contributed by atoms with van der Waals surface area (Å²) in [7, 11) is 0. The van der Waals surface area contributed by atoms with E-state index < -0.39 is 0 Å². The molecule has 4 rings (SSSR count). The van der Waals surface area contributed by atoms with Gasteiger partial charge in [0.05, 0.1) is 10.7 Å². The number of hydrogen-bond donors (Lipinski definition) is 1. The lowest BCUT2D eigenvalue weighted by Gasteiger charge is -2.24. The fourth-order valence-electron chi connectivity index (χ4n) is 2.80. The molecule has 0 aromatic heterocycles. The average molecular weight is 308 g/mol. The van der Waals surface area contributed by atoms with Crippen LogP contribution in [-0.2, 0) is 6.61 Å². The second-order valence-electron chi connectivity index (χ2n) is 5.23. The van der Waals surface area contributed by atoms with Gasteiger partial charge in [0.25, 0.3) is 0 Å². The maximum absolute atomic E-state index is 6.27. The molecular weight excluding hydrogens is 294 g/mol. The lowest BCUT2D eigenvalue weighted by molar-refractivity contribution is 0.302. The molecule has 3 heteroatoms. The van der Waals surface area contributed by atoms with Gasteiger partial charge in [-0.1, -0.05) is 54.1 Å². The normalized spacial score (nSPS) is 12.0. The smallest absolute Gasteiger partial charge is 0.127 e. The summed E-state index contributed by atoms with van der Waals surface area (Å²) < 4.78 is 5.83. The van der Waals surface area contributed by atoms with Crippen LogP contribution in [0.5, 0.6) is 5.75 Å². The third kappa shape index (κ3) is 2.22. The monoisotopic (exact) mass is 307 g/mol. The molecule has 0 bridgehead atoms. The molecule has 0 atom stereocenters. The number of rotatable bonds is 2. The first-order chi connectivity index (χ1) is 10.8. The molecule has 3 aromatic carbocycles. The fraction of sp³-hybridized carbons (Fsp3) is 0.0526. The molecule has 0 radical (unpaired) electrons. The predicted octanol–water partition coefficient (Wildman–Crippen LogP) is 5.64. The lowest BCUT2D eigenvalue weighted by atomic mass is 9.95. The van der Waals surface area contributed by atoms with Crippen LogP contribution in [0.25, 0.3) is 11.1 Å². The lowest BCUT2D eigenvalue weighted by Crippen LogP contribution is -2.07. The number of benzene rings is 3. The van der Waals surface area contributed by atoms with Crippen LogP contribution in [0.1, 0.15) is 5.56 Å². The summed E-state index contributed by atoms with van der Waals surface area (Å²) in [5.74, 6) is 0.920. The van der Waals surface area contributed by atoms with E-state index >= 15 is 0 Å². The molecule has 1 aliphatic heterocycles. The highest BCUT2D eigenvalue weighted by Gasteiger charge is 2.20. The molecule has 1 heterocycles. The van der Waals surface area contributed by atoms with Crippen LogP contribution in [0.2, 0.25) is 5.02 Å². The Morgan fingerprint density at radius 3 is 2.50 bits per heavy atom. The average Bonchev–Trinajstić information content (AvgIpc) is 2.57. The van der Waals surface area contributed by atoms with Crippen molar-refractivity contribution in [1.82, 2.24) is 0 Å². The summed E-state index contributed by atoms with van der Waals surface area (Å²) in [4.78, 5) is 0. The molecule has 1 N–H and O–H groups in total. The second kappa shape index (κ2) is 5.39. The first-order valence-electron chi connectivity index (χ1n) is 7.18. The van der Waals surface area contributed by atoms with E-state index in [9.17, 15) is 0 Å². The maximum Gasteiger partial charge on any atom is 0.127 e. The number of ether oxygens (including phenoxy) is 1. The van der Waals surface area contributed by atoms with Crippen molar-refractivity contribution in [2.24, 2.45) is 0 Å². The highest BCUT2D eigenvalue weighted by molar-refractivity contribution is 6.33. The molecule has 0 aliphatic carbocycles. The van der Waals surface area contributed by atoms with Gasteiger partial charge in [-0.25, -0.2) is 0 Å². The molecule has 3 aromatic rings. The van der Waals surface area contributed by atoms with E-state index in [1.807, 2.05) is 48.5 Å². The van der Waals surface area contributed by atoms with Crippen LogP contribution in [-0.4, -0.2) is 0 Å². The quantitative estimate of drug-likeness (QED) is 0.661. The van der Waals surface area contributed by atoms with Crippen molar-refractivity contribution in [3.8, 4) is 16.9 Å². The van der Waals surface area contributed by atoms with Crippen molar-refractivity contribution in [3.63, 3.8) is 0 Å². The molecule has 108 valence electrons. The Labute approximate surface area is 134 Å². The van der Waals surface area contributed by atoms with Crippen molar-refractivity contribution in [3.05, 3.63) is 77.3 Å². The van der Waals surface area contributed by atoms with Gasteiger partial charge in [0, 0.05) is 16.8 Å². The summed E-state index contributed by atoms with van der Waals surface area (Å²) in [5, 5.41) is 4.16. The Bertz CT molecular complexity index is 844. The Balaban J connectivity index is 1.85. The van der Waals surface area contributed by atoms with Crippen LogP contribution >= 0.6 is 11.6 Å². The zero-order valence-electron chi connectivity index (χ0n) is 11.8. The number of anilines is 2. The molecular formula is C19H14ClNO. The van der Waals surface area contributed by atoms with Gasteiger partial charge in [-0.3, -0.25) is 0 Å². The van der Waals surface area contributed by atoms with Gasteiger partial charge in [0.2, 0.25) is 0 Å². The van der Waals surface area contributed by atoms with Crippen LogP contribution in [0.15, 0.2) is 66.7 Å². The van der Waals surface area contributed by atoms with Gasteiger partial charge < -0.3 is 10.1 Å². The SMILES string of the molecule is Clc1ccccc1Nc1cccc2c1-c1ccccc1OC2. The molecule has 0 saturated heterocycles. The van der Waals surface area contributed by atoms with Crippen LogP contribution in [0, 0.1) is 0 Å². The minimum Gasteiger partial charge on any atom is -0.488 e. The zero-order chi connectivity index (χ0) is 14.9. The number of para-hydroxylation sites is 2. The third-order valence-electron chi connectivity index (χ3n) is 3.83. The van der Waals surface area contributed by atoms with Gasteiger partial charge in [0.1, 0.15) is 12.4 Å². The van der Waals surface area contributed by atoms with Gasteiger partial charge in [-0.2, -0.15) is 0 Å². The molecule has 0 unspecified atom stereocenters. The Kier molecular flexibility index (Phi) is 3.24. The number of halogens is 1. The van der Waals surface area contributed by atoms with Gasteiger partial charge in [-0.05, 0) is 29.8 Å². The van der Waals surface area contributed by atoms with Gasteiger partial charge in [0.15, 0.2) is 0 Å². The van der Waals surface area contributed by atoms with Crippen molar-refractivity contribution in [2.75, 3.05) is 5.32 Å². The van der Waals surface area contributed by atoms with Crippen LogP contribution < -0.4 is 10.1 Å². The van der Waals surface area contributed by atoms with E-state index in [0.29, 0.717) is 11.6 Å². The molecule has 1 aliphatic rings. The summed E-state index contributed by atoms with van der Waals surface area (Å²) in [6.07, 6.45) is 0. The van der Waals surface area contributed by atoms with Crippen molar-refractivity contribution < 1.29 is 4.74 Å². The highest BCUT2D eigenvalue weighted by Crippen LogP contribution is 2.42. The van der Waals surface area contributed by atoms with Crippen LogP contribution in [0.3, 0.4) is 0 Å². The van der Waals surface area contributed by atoms with Gasteiger partial charge in [-0.15, -0.1) is 0 Å². The Hall–Kier alpha value is -2.45. The molecule has 2 nitrogen and oxygen atoms in total. The zero-order valence-corrected chi connectivity index (χ0v) is 12.6. The number of nitrogens with one attached hydrogen (secondary N) is 1. The molecule has 0 spiro atoms. The first-order valence-corrected chi connectivity index (χ1v) is 7.56. The van der Waals surface area contributed by atoms with Crippen LogP contribution in [0.4, 0.5) is 11.4 Å². The standard InChI is InChI=1S/C19H14ClNO/c20-15-8-2-3-9-16(15)21-17-10-5-6-13-12-22-18-11-4-1-7-14(18)19(13)17/h1-11,21H,12H2. The van der Waals surface area contributed by atoms with E-state index in [1.165, 1.54) is 11.1 Å². The number of fused-ring (bicyclic) bond motifs is 3. The maximum atomic E-state index is 6.27. The first kappa shape index (κ1) is 13.2. The van der Waals surface area contributed by atoms with E-state index in [-0.39, 0.29) is 0 Å². The van der Waals surface area contributed by atoms with E-state index in [4.69, 9.17) is 16.3 Å². The van der Waals surface area contributed by atoms with E-state index in [0.717, 1.165) is 22.7 Å². The van der Waals surface area contributed by atoms with Crippen molar-refractivity contribution in [2.45, 2.75) is 6.61 Å². The van der Waals surface area contributed by atoms with E-state index in [2.05, 4.69) is 23.5 Å². The summed E-state index contributed by atoms with van der Waals surface area (Å²) in [6, 6.07) is 22.1. The van der Waals surface area contributed by atoms with Gasteiger partial charge >= 0.3 is 0 Å². The topological polar surface area (TPSA) is 21.3 Å². The van der Waals surface area contributed by atoms with E-state index in [1.54, 1.807) is 0 Å². The Morgan fingerprint density at radius 2 is 1.59 bits per heavy atom. The minimum absolute atomic E-state index is 0.588. The fourth-order valence-corrected chi connectivity index (χ4v) is 2.99. The molecule has 22 heavy (non-hydrogen) atoms. The summed E-state index contributed by atoms with van der Waals surface area (Å²) in [5.41, 5.74) is 5.42. The number of hydrogen-bond acceptors (Lipinski definition) is 2. The Morgan fingerprint density at radius 1 is 0.818 bits per heavy atom. The molecule has 0 fully saturated rings. The molecule has 0 saturated carbocycles. The minimum atomic E-state index is 0.588. The third-order valence-corrected chi connectivity index (χ3v) is 4.16. The molecule has 0 amide bonds. The summed E-state index contributed by atoms with van der Waals surface area (Å²) >= 11 is 6.27. The highest BCUT2D eigenvalue weighted by atomic mass is 35.5. The predicted molar refractivity (Wildman–Crippen MR) is 90.9 cm³/mol.